The van der Waals surface area contributed by atoms with E-state index in [0.29, 0.717) is 24.8 Å². The molecule has 0 radical (unpaired) electrons. The van der Waals surface area contributed by atoms with E-state index in [9.17, 15) is 31.1 Å². The number of ketones is 1. The number of carbonyl (C=O) groups excluding carboxylic acids is 1. The zero-order chi connectivity index (χ0) is 20.4. The summed E-state index contributed by atoms with van der Waals surface area (Å²) in [4.78, 5) is 22.8. The minimum absolute atomic E-state index is 0.146. The second-order valence-electron chi connectivity index (χ2n) is 6.11. The molecule has 0 saturated heterocycles. The summed E-state index contributed by atoms with van der Waals surface area (Å²) in [5, 5.41) is 4.01. The maximum absolute atomic E-state index is 12.8. The van der Waals surface area contributed by atoms with Gasteiger partial charge in [0, 0.05) is 12.0 Å². The lowest BCUT2D eigenvalue weighted by Crippen LogP contribution is -2.35. The topological polar surface area (TPSA) is 79.8 Å². The number of nitrogens with zero attached hydrogens (tertiary/aromatic N) is 3. The van der Waals surface area contributed by atoms with E-state index in [1.54, 1.807) is 0 Å². The zero-order valence-corrected chi connectivity index (χ0v) is 14.4. The molecule has 0 saturated carbocycles. The van der Waals surface area contributed by atoms with E-state index < -0.39 is 36.3 Å². The van der Waals surface area contributed by atoms with Crippen molar-refractivity contribution in [3.63, 3.8) is 0 Å². The van der Waals surface area contributed by atoms with Crippen LogP contribution in [0.4, 0.5) is 38.2 Å². The molecule has 1 aromatic rings. The van der Waals surface area contributed by atoms with Crippen molar-refractivity contribution in [2.45, 2.75) is 57.5 Å². The molecule has 0 unspecified atom stereocenters. The van der Waals surface area contributed by atoms with Crippen LogP contribution in [-0.4, -0.2) is 45.2 Å². The smallest absolute Gasteiger partial charge is 0.343 e. The summed E-state index contributed by atoms with van der Waals surface area (Å²) in [6, 6.07) is -4.08. The SMILES string of the molecule is C[C@@H](Nc1nc(N[C@H](C)C(F)(F)F)nc(C2=CC(=O)CCC2)n1)C(F)(F)F. The standard InChI is InChI=1S/C15H17F6N5O/c1-7(14(16,17)18)22-12-24-11(9-4-3-5-10(27)6-9)25-13(26-12)23-8(2)15(19,20)21/h6-8H,3-5H2,1-2H3,(H2,22,23,24,25,26)/t7-,8-/m1/s1. The van der Waals surface area contributed by atoms with Crippen LogP contribution < -0.4 is 10.6 Å². The fraction of sp³-hybridized carbons (Fsp3) is 0.600. The molecule has 1 heterocycles. The third-order valence-corrected chi connectivity index (χ3v) is 3.80. The number of hydrogen-bond acceptors (Lipinski definition) is 6. The Labute approximate surface area is 150 Å². The number of allylic oxidation sites excluding steroid dienone is 2. The van der Waals surface area contributed by atoms with Gasteiger partial charge in [0.25, 0.3) is 0 Å². The van der Waals surface area contributed by atoms with Gasteiger partial charge in [0.15, 0.2) is 11.6 Å². The van der Waals surface area contributed by atoms with E-state index in [-0.39, 0.29) is 11.6 Å². The first kappa shape index (κ1) is 20.9. The van der Waals surface area contributed by atoms with Crippen LogP contribution in [0.15, 0.2) is 6.08 Å². The molecule has 0 spiro atoms. The van der Waals surface area contributed by atoms with Gasteiger partial charge in [-0.1, -0.05) is 0 Å². The predicted molar refractivity (Wildman–Crippen MR) is 84.9 cm³/mol. The monoisotopic (exact) mass is 397 g/mol. The number of nitrogens with one attached hydrogen (secondary N) is 2. The van der Waals surface area contributed by atoms with E-state index in [2.05, 4.69) is 15.0 Å². The lowest BCUT2D eigenvalue weighted by Gasteiger charge is -2.20. The molecular formula is C15H17F6N5O. The normalized spacial score (nSPS) is 17.9. The van der Waals surface area contributed by atoms with E-state index in [0.717, 1.165) is 13.8 Å². The fourth-order valence-electron chi connectivity index (χ4n) is 2.17. The summed E-state index contributed by atoms with van der Waals surface area (Å²) in [5.41, 5.74) is 0.332. The lowest BCUT2D eigenvalue weighted by atomic mass is 9.98. The van der Waals surface area contributed by atoms with E-state index in [1.807, 2.05) is 10.6 Å². The Morgan fingerprint density at radius 3 is 1.78 bits per heavy atom. The summed E-state index contributed by atoms with van der Waals surface area (Å²) in [6.07, 6.45) is -6.81. The number of aromatic nitrogens is 3. The Balaban J connectivity index is 2.39. The Morgan fingerprint density at radius 2 is 1.37 bits per heavy atom. The molecular weight excluding hydrogens is 380 g/mol. The van der Waals surface area contributed by atoms with Crippen molar-refractivity contribution in [3.05, 3.63) is 11.9 Å². The van der Waals surface area contributed by atoms with Crippen LogP contribution in [-0.2, 0) is 4.79 Å². The van der Waals surface area contributed by atoms with Crippen molar-refractivity contribution in [2.75, 3.05) is 10.6 Å². The number of carbonyl (C=O) groups is 1. The number of hydrogen-bond donors (Lipinski definition) is 2. The van der Waals surface area contributed by atoms with E-state index in [1.165, 1.54) is 6.08 Å². The summed E-state index contributed by atoms with van der Waals surface area (Å²) in [5.74, 6) is -1.44. The minimum atomic E-state index is -4.61. The molecule has 6 nitrogen and oxygen atoms in total. The average molecular weight is 397 g/mol. The molecule has 150 valence electrons. The Bertz CT molecular complexity index is 690. The van der Waals surface area contributed by atoms with E-state index in [4.69, 9.17) is 0 Å². The van der Waals surface area contributed by atoms with Crippen LogP contribution in [0.5, 0.6) is 0 Å². The number of halogens is 6. The molecule has 0 aliphatic heterocycles. The van der Waals surface area contributed by atoms with Gasteiger partial charge in [-0.15, -0.1) is 0 Å². The van der Waals surface area contributed by atoms with Gasteiger partial charge in [-0.2, -0.15) is 41.3 Å². The average Bonchev–Trinajstić information content (AvgIpc) is 2.52. The van der Waals surface area contributed by atoms with Crippen LogP contribution in [0.1, 0.15) is 38.9 Å². The highest BCUT2D eigenvalue weighted by Gasteiger charge is 2.38. The maximum Gasteiger partial charge on any atom is 0.408 e. The van der Waals surface area contributed by atoms with Gasteiger partial charge < -0.3 is 10.6 Å². The van der Waals surface area contributed by atoms with Crippen molar-refractivity contribution in [3.8, 4) is 0 Å². The first-order valence-corrected chi connectivity index (χ1v) is 8.02. The molecule has 1 aromatic heterocycles. The summed E-state index contributed by atoms with van der Waals surface area (Å²) in [7, 11) is 0. The molecule has 1 aliphatic carbocycles. The molecule has 2 N–H and O–H groups in total. The third kappa shape index (κ3) is 5.79. The quantitative estimate of drug-likeness (QED) is 0.737. The number of anilines is 2. The molecule has 0 fully saturated rings. The lowest BCUT2D eigenvalue weighted by molar-refractivity contribution is -0.139. The van der Waals surface area contributed by atoms with Crippen molar-refractivity contribution >= 4 is 23.3 Å². The van der Waals surface area contributed by atoms with Gasteiger partial charge in [-0.25, -0.2) is 0 Å². The highest BCUT2D eigenvalue weighted by molar-refractivity contribution is 5.97. The molecule has 0 aromatic carbocycles. The highest BCUT2D eigenvalue weighted by Crippen LogP contribution is 2.27. The number of rotatable bonds is 5. The third-order valence-electron chi connectivity index (χ3n) is 3.80. The largest absolute Gasteiger partial charge is 0.408 e. The molecule has 0 bridgehead atoms. The summed E-state index contributed by atoms with van der Waals surface area (Å²) in [6.45, 7) is 1.64. The zero-order valence-electron chi connectivity index (χ0n) is 14.4. The van der Waals surface area contributed by atoms with E-state index >= 15 is 0 Å². The van der Waals surface area contributed by atoms with Crippen molar-refractivity contribution < 1.29 is 31.1 Å². The van der Waals surface area contributed by atoms with Gasteiger partial charge >= 0.3 is 12.4 Å². The molecule has 1 aliphatic rings. The Kier molecular flexibility index (Phi) is 5.95. The fourth-order valence-corrected chi connectivity index (χ4v) is 2.17. The van der Waals surface area contributed by atoms with Gasteiger partial charge in [-0.3, -0.25) is 4.79 Å². The van der Waals surface area contributed by atoms with Crippen LogP contribution in [0.3, 0.4) is 0 Å². The van der Waals surface area contributed by atoms with Crippen LogP contribution in [0, 0.1) is 0 Å². The van der Waals surface area contributed by atoms with Crippen molar-refractivity contribution in [2.24, 2.45) is 0 Å². The first-order valence-electron chi connectivity index (χ1n) is 8.02. The van der Waals surface area contributed by atoms with Crippen LogP contribution >= 0.6 is 0 Å². The van der Waals surface area contributed by atoms with Crippen LogP contribution in [0.2, 0.25) is 0 Å². The van der Waals surface area contributed by atoms with Gasteiger partial charge in [0.05, 0.1) is 0 Å². The highest BCUT2D eigenvalue weighted by atomic mass is 19.4. The maximum atomic E-state index is 12.8. The minimum Gasteiger partial charge on any atom is -0.343 e. The predicted octanol–water partition coefficient (Wildman–Crippen LogP) is 3.73. The first-order chi connectivity index (χ1) is 12.4. The molecule has 0 amide bonds. The van der Waals surface area contributed by atoms with Crippen LogP contribution in [0.25, 0.3) is 5.57 Å². The Morgan fingerprint density at radius 1 is 0.889 bits per heavy atom. The Hall–Kier alpha value is -2.40. The van der Waals surface area contributed by atoms with Gasteiger partial charge in [0.2, 0.25) is 11.9 Å². The second kappa shape index (κ2) is 7.69. The van der Waals surface area contributed by atoms with Crippen molar-refractivity contribution in [1.29, 1.82) is 0 Å². The summed E-state index contributed by atoms with van der Waals surface area (Å²) >= 11 is 0. The number of alkyl halides is 6. The van der Waals surface area contributed by atoms with Gasteiger partial charge in [-0.05, 0) is 32.8 Å². The second-order valence-corrected chi connectivity index (χ2v) is 6.11. The molecule has 2 atom stereocenters. The van der Waals surface area contributed by atoms with Gasteiger partial charge in [0.1, 0.15) is 12.1 Å². The summed E-state index contributed by atoms with van der Waals surface area (Å²) < 4.78 is 76.5. The molecule has 12 heteroatoms. The van der Waals surface area contributed by atoms with Crippen molar-refractivity contribution in [1.82, 2.24) is 15.0 Å². The molecule has 2 rings (SSSR count). The molecule has 27 heavy (non-hydrogen) atoms.